The van der Waals surface area contributed by atoms with Gasteiger partial charge in [0.05, 0.1) is 36.9 Å². The van der Waals surface area contributed by atoms with Gasteiger partial charge in [0, 0.05) is 12.6 Å². The van der Waals surface area contributed by atoms with Crippen LogP contribution < -0.4 is 4.90 Å². The molecule has 1 aliphatic rings. The molecule has 0 spiro atoms. The average molecular weight is 407 g/mol. The van der Waals surface area contributed by atoms with Gasteiger partial charge in [0.2, 0.25) is 0 Å². The van der Waals surface area contributed by atoms with Crippen LogP contribution in [0.1, 0.15) is 12.2 Å². The Hall–Kier alpha value is -2.30. The maximum Gasteiger partial charge on any atom is 0.296 e. The summed E-state index contributed by atoms with van der Waals surface area (Å²) in [4.78, 5) is 15.0. The lowest BCUT2D eigenvalue weighted by atomic mass is 10.2. The number of rotatable bonds is 5. The Balaban J connectivity index is 1.89. The number of hydrogen-bond donors (Lipinski definition) is 1. The van der Waals surface area contributed by atoms with Crippen LogP contribution in [0.25, 0.3) is 16.9 Å². The molecule has 1 saturated heterocycles. The largest absolute Gasteiger partial charge is 0.394 e. The van der Waals surface area contributed by atoms with Crippen molar-refractivity contribution in [1.29, 1.82) is 0 Å². The van der Waals surface area contributed by atoms with Gasteiger partial charge in [-0.3, -0.25) is 4.57 Å². The first-order valence-corrected chi connectivity index (χ1v) is 9.99. The van der Waals surface area contributed by atoms with Gasteiger partial charge in [0.15, 0.2) is 11.0 Å². The molecule has 3 heterocycles. The van der Waals surface area contributed by atoms with Crippen LogP contribution in [-0.2, 0) is 4.74 Å². The predicted molar refractivity (Wildman–Crippen MR) is 102 cm³/mol. The van der Waals surface area contributed by atoms with Crippen LogP contribution in [-0.4, -0.2) is 63.3 Å². The van der Waals surface area contributed by atoms with E-state index < -0.39 is 6.43 Å². The van der Waals surface area contributed by atoms with Crippen LogP contribution in [0.2, 0.25) is 0 Å². The van der Waals surface area contributed by atoms with Gasteiger partial charge in [-0.2, -0.15) is 0 Å². The zero-order valence-corrected chi connectivity index (χ0v) is 15.9. The third-order valence-electron chi connectivity index (χ3n) is 4.60. The van der Waals surface area contributed by atoms with E-state index in [1.54, 1.807) is 30.3 Å². The number of thioether (sulfide) groups is 1. The molecule has 1 aromatic carbocycles. The molecule has 7 nitrogen and oxygen atoms in total. The fourth-order valence-corrected chi connectivity index (χ4v) is 3.66. The first kappa shape index (κ1) is 19.0. The Morgan fingerprint density at radius 1 is 1.25 bits per heavy atom. The highest BCUT2D eigenvalue weighted by Crippen LogP contribution is 2.30. The molecule has 0 unspecified atom stereocenters. The van der Waals surface area contributed by atoms with Crippen LogP contribution >= 0.6 is 11.8 Å². The van der Waals surface area contributed by atoms with Crippen molar-refractivity contribution in [3.8, 4) is 5.82 Å². The lowest BCUT2D eigenvalue weighted by Crippen LogP contribution is -2.48. The van der Waals surface area contributed by atoms with Crippen molar-refractivity contribution in [1.82, 2.24) is 19.5 Å². The Bertz CT molecular complexity index is 984. The van der Waals surface area contributed by atoms with Crippen molar-refractivity contribution in [3.63, 3.8) is 0 Å². The first-order valence-electron chi connectivity index (χ1n) is 8.76. The summed E-state index contributed by atoms with van der Waals surface area (Å²) in [5.41, 5.74) is 1.03. The molecule has 1 N–H and O–H groups in total. The molecule has 148 valence electrons. The second-order valence-electron chi connectivity index (χ2n) is 6.27. The van der Waals surface area contributed by atoms with Crippen LogP contribution in [0.15, 0.2) is 35.5 Å². The molecule has 0 saturated carbocycles. The number of halogens is 2. The van der Waals surface area contributed by atoms with E-state index in [1.165, 1.54) is 16.3 Å². The minimum absolute atomic E-state index is 0.0930. The number of para-hydroxylation sites is 2. The van der Waals surface area contributed by atoms with Gasteiger partial charge in [-0.25, -0.2) is 23.7 Å². The molecule has 2 aromatic heterocycles. The summed E-state index contributed by atoms with van der Waals surface area (Å²) >= 11 is 1.32. The molecule has 1 atom stereocenters. The Labute approximate surface area is 164 Å². The predicted octanol–water partition coefficient (Wildman–Crippen LogP) is 2.67. The molecule has 3 aromatic rings. The molecule has 28 heavy (non-hydrogen) atoms. The zero-order chi connectivity index (χ0) is 19.7. The minimum Gasteiger partial charge on any atom is -0.394 e. The van der Waals surface area contributed by atoms with E-state index in [2.05, 4.69) is 15.0 Å². The normalized spacial score (nSPS) is 17.6. The fraction of sp³-hybridized carbons (Fsp3) is 0.389. The van der Waals surface area contributed by atoms with Crippen molar-refractivity contribution in [2.75, 3.05) is 37.5 Å². The highest BCUT2D eigenvalue weighted by atomic mass is 32.2. The zero-order valence-electron chi connectivity index (χ0n) is 15.1. The van der Waals surface area contributed by atoms with Crippen molar-refractivity contribution < 1.29 is 18.6 Å². The molecule has 4 rings (SSSR count). The standard InChI is InChI=1S/C18H19F2N5O2S/c1-28-18-22-14(24-6-7-27-10-11(24)9-26)8-15(23-18)25-13-5-3-2-4-12(13)21-17(25)16(19)20/h2-5,8,11,16,26H,6-7,9-10H2,1H3/t11-/m1/s1. The van der Waals surface area contributed by atoms with Crippen LogP contribution in [0.4, 0.5) is 14.6 Å². The molecule has 1 aliphatic heterocycles. The van der Waals surface area contributed by atoms with E-state index in [9.17, 15) is 13.9 Å². The van der Waals surface area contributed by atoms with Crippen LogP contribution in [0.5, 0.6) is 0 Å². The van der Waals surface area contributed by atoms with Crippen molar-refractivity contribution in [3.05, 3.63) is 36.2 Å². The number of anilines is 1. The van der Waals surface area contributed by atoms with E-state index in [0.29, 0.717) is 47.6 Å². The second kappa shape index (κ2) is 7.98. The maximum absolute atomic E-state index is 13.7. The van der Waals surface area contributed by atoms with Gasteiger partial charge in [0.25, 0.3) is 6.43 Å². The van der Waals surface area contributed by atoms with E-state index in [0.717, 1.165) is 0 Å². The molecular formula is C18H19F2N5O2S. The Morgan fingerprint density at radius 3 is 2.79 bits per heavy atom. The summed E-state index contributed by atoms with van der Waals surface area (Å²) < 4.78 is 34.2. The van der Waals surface area contributed by atoms with E-state index >= 15 is 0 Å². The van der Waals surface area contributed by atoms with E-state index in [4.69, 9.17) is 4.74 Å². The number of imidazole rings is 1. The minimum atomic E-state index is -2.75. The molecule has 10 heteroatoms. The van der Waals surface area contributed by atoms with Crippen molar-refractivity contribution >= 4 is 28.6 Å². The summed E-state index contributed by atoms with van der Waals surface area (Å²) in [5.74, 6) is 0.523. The molecule has 0 bridgehead atoms. The van der Waals surface area contributed by atoms with Crippen LogP contribution in [0.3, 0.4) is 0 Å². The maximum atomic E-state index is 13.7. The topological polar surface area (TPSA) is 76.3 Å². The average Bonchev–Trinajstić information content (AvgIpc) is 3.13. The highest BCUT2D eigenvalue weighted by Gasteiger charge is 2.26. The van der Waals surface area contributed by atoms with Gasteiger partial charge in [-0.15, -0.1) is 0 Å². The lowest BCUT2D eigenvalue weighted by molar-refractivity contribution is 0.0722. The third kappa shape index (κ3) is 3.43. The van der Waals surface area contributed by atoms with Crippen LogP contribution in [0, 0.1) is 0 Å². The molecule has 0 aliphatic carbocycles. The van der Waals surface area contributed by atoms with Gasteiger partial charge < -0.3 is 14.7 Å². The summed E-state index contributed by atoms with van der Waals surface area (Å²) in [7, 11) is 0. The monoisotopic (exact) mass is 407 g/mol. The molecule has 1 fully saturated rings. The number of fused-ring (bicyclic) bond motifs is 1. The van der Waals surface area contributed by atoms with Crippen molar-refractivity contribution in [2.24, 2.45) is 0 Å². The van der Waals surface area contributed by atoms with Gasteiger partial charge in [-0.05, 0) is 18.4 Å². The SMILES string of the molecule is CSc1nc(N2CCOC[C@H]2CO)cc(-n2c(C(F)F)nc3ccccc32)n1. The highest BCUT2D eigenvalue weighted by molar-refractivity contribution is 7.98. The molecular weight excluding hydrogens is 388 g/mol. The number of aromatic nitrogens is 4. The van der Waals surface area contributed by atoms with Gasteiger partial charge >= 0.3 is 0 Å². The first-order chi connectivity index (χ1) is 13.6. The summed E-state index contributed by atoms with van der Waals surface area (Å²) in [6.45, 7) is 1.33. The van der Waals surface area contributed by atoms with Gasteiger partial charge in [0.1, 0.15) is 11.6 Å². The number of morpholine rings is 1. The smallest absolute Gasteiger partial charge is 0.296 e. The van der Waals surface area contributed by atoms with E-state index in [1.807, 2.05) is 11.2 Å². The number of aliphatic hydroxyl groups excluding tert-OH is 1. The fourth-order valence-electron chi connectivity index (χ4n) is 3.29. The number of aliphatic hydroxyl groups is 1. The number of nitrogens with zero attached hydrogens (tertiary/aromatic N) is 5. The van der Waals surface area contributed by atoms with Gasteiger partial charge in [-0.1, -0.05) is 23.9 Å². The number of benzene rings is 1. The lowest BCUT2D eigenvalue weighted by Gasteiger charge is -2.35. The van der Waals surface area contributed by atoms with E-state index in [-0.39, 0.29) is 18.5 Å². The summed E-state index contributed by atoms with van der Waals surface area (Å²) in [5, 5.41) is 10.1. The Morgan fingerprint density at radius 2 is 2.04 bits per heavy atom. The Kier molecular flexibility index (Phi) is 5.42. The van der Waals surface area contributed by atoms with Crippen molar-refractivity contribution in [2.45, 2.75) is 17.6 Å². The molecule has 0 radical (unpaired) electrons. The number of alkyl halides is 2. The molecule has 0 amide bonds. The number of ether oxygens (including phenoxy) is 1. The third-order valence-corrected chi connectivity index (χ3v) is 5.15. The summed E-state index contributed by atoms with van der Waals surface area (Å²) in [6, 6.07) is 8.37. The quantitative estimate of drug-likeness (QED) is 0.515. The summed E-state index contributed by atoms with van der Waals surface area (Å²) in [6.07, 6.45) is -0.927. The second-order valence-corrected chi connectivity index (χ2v) is 7.04. The number of hydrogen-bond acceptors (Lipinski definition) is 7.